The maximum absolute atomic E-state index is 13.9. The summed E-state index contributed by atoms with van der Waals surface area (Å²) in [6.45, 7) is 1.72. The lowest BCUT2D eigenvalue weighted by Gasteiger charge is -2.20. The summed E-state index contributed by atoms with van der Waals surface area (Å²) in [7, 11) is 0. The monoisotopic (exact) mass is 351 g/mol. The molecule has 0 atom stereocenters. The van der Waals surface area contributed by atoms with Gasteiger partial charge in [-0.3, -0.25) is 0 Å². The fourth-order valence-corrected chi connectivity index (χ4v) is 2.91. The van der Waals surface area contributed by atoms with Gasteiger partial charge in [0.1, 0.15) is 17.2 Å². The Morgan fingerprint density at radius 1 is 1.20 bits per heavy atom. The van der Waals surface area contributed by atoms with Crippen LogP contribution in [0.5, 0.6) is 0 Å². The number of H-pyrrole nitrogens is 1. The molecule has 1 aliphatic carbocycles. The number of anilines is 1. The highest BCUT2D eigenvalue weighted by atomic mass is 19.4. The molecule has 1 aromatic carbocycles. The molecular formula is C16H13F4N5. The first kappa shape index (κ1) is 15.8. The highest BCUT2D eigenvalue weighted by Crippen LogP contribution is 2.49. The molecule has 130 valence electrons. The molecule has 0 aliphatic heterocycles. The molecule has 2 aromatic heterocycles. The maximum atomic E-state index is 13.9. The number of rotatable bonds is 3. The van der Waals surface area contributed by atoms with Crippen molar-refractivity contribution in [3.8, 4) is 0 Å². The number of imidazole rings is 1. The van der Waals surface area contributed by atoms with Crippen LogP contribution < -0.4 is 5.32 Å². The summed E-state index contributed by atoms with van der Waals surface area (Å²) < 4.78 is 52.1. The van der Waals surface area contributed by atoms with Crippen LogP contribution in [0.3, 0.4) is 0 Å². The van der Waals surface area contributed by atoms with Gasteiger partial charge in [0.15, 0.2) is 11.5 Å². The number of aromatic nitrogens is 4. The minimum Gasteiger partial charge on any atom is -0.359 e. The van der Waals surface area contributed by atoms with Crippen molar-refractivity contribution >= 4 is 17.0 Å². The first-order valence-electron chi connectivity index (χ1n) is 7.62. The standard InChI is InChI=1S/C16H13F4N5/c1-8-23-13-12(21-7-22-13)14(24-8)25-15(4-5-15)9-2-3-10(11(17)6-9)16(18,19)20/h2-3,6-7H,4-5H2,1H3,(H2,21,22,23,24,25). The zero-order valence-electron chi connectivity index (χ0n) is 13.1. The van der Waals surface area contributed by atoms with Gasteiger partial charge in [-0.25, -0.2) is 19.3 Å². The molecule has 3 aromatic rings. The smallest absolute Gasteiger partial charge is 0.359 e. The van der Waals surface area contributed by atoms with E-state index in [1.165, 1.54) is 12.4 Å². The summed E-state index contributed by atoms with van der Waals surface area (Å²) in [5.41, 5.74) is -0.347. The zero-order valence-corrected chi connectivity index (χ0v) is 13.1. The Kier molecular flexibility index (Phi) is 3.25. The van der Waals surface area contributed by atoms with E-state index in [-0.39, 0.29) is 0 Å². The Morgan fingerprint density at radius 2 is 1.96 bits per heavy atom. The molecule has 2 N–H and O–H groups in total. The van der Waals surface area contributed by atoms with Crippen LogP contribution in [-0.4, -0.2) is 19.9 Å². The Balaban J connectivity index is 1.71. The summed E-state index contributed by atoms with van der Waals surface area (Å²) in [5, 5.41) is 3.23. The number of aryl methyl sites for hydroxylation is 1. The van der Waals surface area contributed by atoms with E-state index in [4.69, 9.17) is 0 Å². The molecule has 0 bridgehead atoms. The number of halogens is 4. The average molecular weight is 351 g/mol. The van der Waals surface area contributed by atoms with Gasteiger partial charge in [-0.1, -0.05) is 6.07 Å². The lowest BCUT2D eigenvalue weighted by atomic mass is 10.0. The number of nitrogens with one attached hydrogen (secondary N) is 2. The number of aromatic amines is 1. The summed E-state index contributed by atoms with van der Waals surface area (Å²) in [5.74, 6) is -0.266. The van der Waals surface area contributed by atoms with Gasteiger partial charge in [0.25, 0.3) is 0 Å². The predicted octanol–water partition coefficient (Wildman–Crippen LogP) is 3.92. The summed E-state index contributed by atoms with van der Waals surface area (Å²) in [4.78, 5) is 15.6. The van der Waals surface area contributed by atoms with Gasteiger partial charge in [-0.05, 0) is 37.5 Å². The number of fused-ring (bicyclic) bond motifs is 1. The third-order valence-corrected chi connectivity index (χ3v) is 4.33. The Morgan fingerprint density at radius 3 is 2.60 bits per heavy atom. The summed E-state index contributed by atoms with van der Waals surface area (Å²) >= 11 is 0. The third-order valence-electron chi connectivity index (χ3n) is 4.33. The van der Waals surface area contributed by atoms with Crippen molar-refractivity contribution in [2.75, 3.05) is 5.32 Å². The summed E-state index contributed by atoms with van der Waals surface area (Å²) in [6, 6.07) is 3.04. The van der Waals surface area contributed by atoms with Gasteiger partial charge in [-0.15, -0.1) is 0 Å². The van der Waals surface area contributed by atoms with Crippen LogP contribution in [0.2, 0.25) is 0 Å². The van der Waals surface area contributed by atoms with E-state index in [9.17, 15) is 17.6 Å². The van der Waals surface area contributed by atoms with Crippen LogP contribution in [0.1, 0.15) is 29.8 Å². The van der Waals surface area contributed by atoms with Crippen molar-refractivity contribution in [2.24, 2.45) is 0 Å². The van der Waals surface area contributed by atoms with Crippen LogP contribution >= 0.6 is 0 Å². The number of nitrogens with zero attached hydrogens (tertiary/aromatic N) is 3. The van der Waals surface area contributed by atoms with Gasteiger partial charge in [0, 0.05) is 0 Å². The highest BCUT2D eigenvalue weighted by Gasteiger charge is 2.46. The Labute approximate surface area is 139 Å². The number of hydrogen-bond donors (Lipinski definition) is 2. The molecule has 5 nitrogen and oxygen atoms in total. The number of alkyl halides is 3. The SMILES string of the molecule is Cc1nc(NC2(c3ccc(C(F)(F)F)c(F)c3)CC2)c2[nH]cnc2n1. The van der Waals surface area contributed by atoms with Crippen molar-refractivity contribution in [1.29, 1.82) is 0 Å². The van der Waals surface area contributed by atoms with Crippen LogP contribution in [-0.2, 0) is 11.7 Å². The quantitative estimate of drug-likeness (QED) is 0.702. The molecule has 1 saturated carbocycles. The first-order valence-corrected chi connectivity index (χ1v) is 7.62. The second-order valence-corrected chi connectivity index (χ2v) is 6.12. The van der Waals surface area contributed by atoms with E-state index in [0.29, 0.717) is 41.2 Å². The van der Waals surface area contributed by atoms with Crippen LogP contribution in [0.15, 0.2) is 24.5 Å². The van der Waals surface area contributed by atoms with E-state index in [1.54, 1.807) is 6.92 Å². The average Bonchev–Trinajstić information content (AvgIpc) is 3.14. The Hall–Kier alpha value is -2.71. The molecule has 9 heteroatoms. The molecule has 25 heavy (non-hydrogen) atoms. The second-order valence-electron chi connectivity index (χ2n) is 6.12. The normalized spacial score (nSPS) is 16.2. The minimum absolute atomic E-state index is 0.460. The third kappa shape index (κ3) is 2.69. The molecule has 1 fully saturated rings. The van der Waals surface area contributed by atoms with E-state index >= 15 is 0 Å². The molecule has 0 radical (unpaired) electrons. The van der Waals surface area contributed by atoms with Gasteiger partial charge in [-0.2, -0.15) is 13.2 Å². The number of benzene rings is 1. The fraction of sp³-hybridized carbons (Fsp3) is 0.312. The molecule has 0 saturated heterocycles. The fourth-order valence-electron chi connectivity index (χ4n) is 2.91. The lowest BCUT2D eigenvalue weighted by Crippen LogP contribution is -2.21. The molecule has 1 aliphatic rings. The largest absolute Gasteiger partial charge is 0.419 e. The van der Waals surface area contributed by atoms with E-state index < -0.39 is 23.1 Å². The van der Waals surface area contributed by atoms with Crippen molar-refractivity contribution in [1.82, 2.24) is 19.9 Å². The van der Waals surface area contributed by atoms with Crippen molar-refractivity contribution in [3.63, 3.8) is 0 Å². The van der Waals surface area contributed by atoms with Gasteiger partial charge >= 0.3 is 6.18 Å². The molecular weight excluding hydrogens is 338 g/mol. The van der Waals surface area contributed by atoms with Crippen molar-refractivity contribution < 1.29 is 17.6 Å². The van der Waals surface area contributed by atoms with Gasteiger partial charge < -0.3 is 10.3 Å². The highest BCUT2D eigenvalue weighted by molar-refractivity contribution is 5.83. The molecule has 4 rings (SSSR count). The Bertz CT molecular complexity index is 959. The zero-order chi connectivity index (χ0) is 17.8. The predicted molar refractivity (Wildman–Crippen MR) is 82.4 cm³/mol. The number of hydrogen-bond acceptors (Lipinski definition) is 4. The van der Waals surface area contributed by atoms with Crippen LogP contribution in [0.25, 0.3) is 11.2 Å². The van der Waals surface area contributed by atoms with E-state index in [2.05, 4.69) is 25.3 Å². The van der Waals surface area contributed by atoms with E-state index in [0.717, 1.165) is 12.1 Å². The van der Waals surface area contributed by atoms with Crippen molar-refractivity contribution in [2.45, 2.75) is 31.5 Å². The molecule has 0 spiro atoms. The minimum atomic E-state index is -4.71. The van der Waals surface area contributed by atoms with E-state index in [1.807, 2.05) is 0 Å². The second kappa shape index (κ2) is 5.14. The lowest BCUT2D eigenvalue weighted by molar-refractivity contribution is -0.140. The summed E-state index contributed by atoms with van der Waals surface area (Å²) in [6.07, 6.45) is -1.90. The molecule has 0 unspecified atom stereocenters. The van der Waals surface area contributed by atoms with Crippen LogP contribution in [0.4, 0.5) is 23.4 Å². The van der Waals surface area contributed by atoms with Crippen LogP contribution in [0, 0.1) is 12.7 Å². The molecule has 2 heterocycles. The van der Waals surface area contributed by atoms with Gasteiger partial charge in [0.2, 0.25) is 0 Å². The first-order chi connectivity index (χ1) is 11.8. The van der Waals surface area contributed by atoms with Gasteiger partial charge in [0.05, 0.1) is 17.4 Å². The van der Waals surface area contributed by atoms with Crippen molar-refractivity contribution in [3.05, 3.63) is 47.3 Å². The molecule has 0 amide bonds. The maximum Gasteiger partial charge on any atom is 0.419 e. The topological polar surface area (TPSA) is 66.5 Å².